The number of rotatable bonds is 0. The van der Waals surface area contributed by atoms with E-state index >= 15 is 0 Å². The zero-order chi connectivity index (χ0) is 8.97. The minimum Gasteiger partial charge on any atom is -0.414 e. The number of benzene rings is 1. The molecule has 0 aromatic heterocycles. The summed E-state index contributed by atoms with van der Waals surface area (Å²) in [4.78, 5) is 8.87. The van der Waals surface area contributed by atoms with Crippen molar-refractivity contribution in [3.63, 3.8) is 0 Å². The summed E-state index contributed by atoms with van der Waals surface area (Å²) in [5.74, 6) is 1.24. The Bertz CT molecular complexity index is 232. The summed E-state index contributed by atoms with van der Waals surface area (Å²) >= 11 is 0. The van der Waals surface area contributed by atoms with E-state index in [2.05, 4.69) is 0 Å². The molecule has 0 saturated carbocycles. The monoisotopic (exact) mass is 275 g/mol. The number of fused-ring (bicyclic) bond motifs is 1. The van der Waals surface area contributed by atoms with Gasteiger partial charge in [0, 0.05) is 32.7 Å². The van der Waals surface area contributed by atoms with Crippen LogP contribution in [0.4, 0.5) is 0 Å². The van der Waals surface area contributed by atoms with Crippen molar-refractivity contribution < 1.29 is 46.7 Å². The fraction of sp³-hybridized carbons (Fsp3) is 0.250. The van der Waals surface area contributed by atoms with Crippen LogP contribution in [0, 0.1) is 0 Å². The van der Waals surface area contributed by atoms with Gasteiger partial charge < -0.3 is 13.9 Å². The molecule has 0 fully saturated rings. The minimum absolute atomic E-state index is 0. The topological polar surface area (TPSA) is 38.7 Å². The van der Waals surface area contributed by atoms with Gasteiger partial charge in [-0.1, -0.05) is 26.0 Å². The molecule has 1 N–H and O–H groups in total. The summed E-state index contributed by atoms with van der Waals surface area (Å²) in [6.07, 6.45) is 0. The van der Waals surface area contributed by atoms with E-state index < -0.39 is 8.60 Å². The van der Waals surface area contributed by atoms with Gasteiger partial charge in [-0.05, 0) is 12.1 Å². The standard InChI is InChI=1S/C6H5O3P.C2H6.Y/c7-10-8-5-3-1-2-4-6(5)9-10;1-2;/h1-4,7H;1-2H3;. The molecule has 3 nitrogen and oxygen atoms in total. The summed E-state index contributed by atoms with van der Waals surface area (Å²) in [6.45, 7) is 4.00. The van der Waals surface area contributed by atoms with E-state index in [1.54, 1.807) is 12.1 Å². The first kappa shape index (κ1) is 13.3. The Morgan fingerprint density at radius 1 is 1.08 bits per heavy atom. The Morgan fingerprint density at radius 2 is 1.46 bits per heavy atom. The molecular formula is C8H11O3PY. The maximum absolute atomic E-state index is 8.87. The second kappa shape index (κ2) is 6.72. The van der Waals surface area contributed by atoms with Gasteiger partial charge in [0.25, 0.3) is 0 Å². The molecule has 13 heavy (non-hydrogen) atoms. The molecular weight excluding hydrogens is 264 g/mol. The van der Waals surface area contributed by atoms with Crippen molar-refractivity contribution in [1.82, 2.24) is 0 Å². The van der Waals surface area contributed by atoms with Gasteiger partial charge >= 0.3 is 8.60 Å². The van der Waals surface area contributed by atoms with Crippen molar-refractivity contribution in [3.05, 3.63) is 24.3 Å². The Morgan fingerprint density at radius 3 is 1.85 bits per heavy atom. The van der Waals surface area contributed by atoms with Crippen LogP contribution in [-0.4, -0.2) is 4.89 Å². The third kappa shape index (κ3) is 3.51. The predicted molar refractivity (Wildman–Crippen MR) is 48.2 cm³/mol. The minimum atomic E-state index is -1.69. The van der Waals surface area contributed by atoms with Crippen LogP contribution >= 0.6 is 8.60 Å². The second-order valence-corrected chi connectivity index (χ2v) is 2.71. The molecule has 0 atom stereocenters. The van der Waals surface area contributed by atoms with Gasteiger partial charge in [-0.3, -0.25) is 0 Å². The molecule has 1 aliphatic heterocycles. The molecule has 0 spiro atoms. The average molecular weight is 275 g/mol. The zero-order valence-corrected chi connectivity index (χ0v) is 11.3. The Hall–Kier alpha value is 0.314. The molecule has 2 rings (SSSR count). The maximum Gasteiger partial charge on any atom is 0.460 e. The molecule has 1 radical (unpaired) electrons. The van der Waals surface area contributed by atoms with Crippen LogP contribution in [-0.2, 0) is 32.7 Å². The maximum atomic E-state index is 8.87. The van der Waals surface area contributed by atoms with E-state index in [0.717, 1.165) is 0 Å². The molecule has 0 bridgehead atoms. The molecule has 1 aromatic rings. The third-order valence-corrected chi connectivity index (χ3v) is 1.91. The molecule has 5 heteroatoms. The molecule has 1 aromatic carbocycles. The zero-order valence-electron chi connectivity index (χ0n) is 7.60. The van der Waals surface area contributed by atoms with Gasteiger partial charge in [0.2, 0.25) is 0 Å². The summed E-state index contributed by atoms with van der Waals surface area (Å²) in [7, 11) is -1.69. The number of hydrogen-bond acceptors (Lipinski definition) is 3. The van der Waals surface area contributed by atoms with E-state index in [9.17, 15) is 0 Å². The molecule has 69 valence electrons. The van der Waals surface area contributed by atoms with E-state index in [-0.39, 0.29) is 32.7 Å². The van der Waals surface area contributed by atoms with Crippen LogP contribution in [0.3, 0.4) is 0 Å². The quantitative estimate of drug-likeness (QED) is 0.740. The van der Waals surface area contributed by atoms with Crippen LogP contribution in [0.5, 0.6) is 11.5 Å². The predicted octanol–water partition coefficient (Wildman–Crippen LogP) is 2.70. The SMILES string of the molecule is CC.OP1Oc2ccccc2O1.[Y]. The van der Waals surface area contributed by atoms with Crippen LogP contribution in [0.15, 0.2) is 24.3 Å². The summed E-state index contributed by atoms with van der Waals surface area (Å²) in [5, 5.41) is 0. The van der Waals surface area contributed by atoms with Crippen LogP contribution in [0.2, 0.25) is 0 Å². The first-order valence-electron chi connectivity index (χ1n) is 3.80. The third-order valence-electron chi connectivity index (χ3n) is 1.20. The van der Waals surface area contributed by atoms with Gasteiger partial charge in [0.1, 0.15) is 0 Å². The van der Waals surface area contributed by atoms with E-state index in [1.807, 2.05) is 26.0 Å². The van der Waals surface area contributed by atoms with Crippen molar-refractivity contribution in [1.29, 1.82) is 0 Å². The molecule has 0 amide bonds. The van der Waals surface area contributed by atoms with Gasteiger partial charge in [-0.2, -0.15) is 0 Å². The van der Waals surface area contributed by atoms with E-state index in [0.29, 0.717) is 11.5 Å². The molecule has 0 aliphatic carbocycles. The van der Waals surface area contributed by atoms with Crippen molar-refractivity contribution in [2.45, 2.75) is 13.8 Å². The fourth-order valence-electron chi connectivity index (χ4n) is 0.788. The molecule has 1 heterocycles. The van der Waals surface area contributed by atoms with Crippen LogP contribution < -0.4 is 9.05 Å². The van der Waals surface area contributed by atoms with Gasteiger partial charge in [-0.25, -0.2) is 0 Å². The first-order chi connectivity index (χ1) is 5.86. The normalized spacial score (nSPS) is 12.5. The number of hydrogen-bond donors (Lipinski definition) is 1. The second-order valence-electron chi connectivity index (χ2n) is 1.87. The number of para-hydroxylation sites is 2. The molecule has 0 unspecified atom stereocenters. The average Bonchev–Trinajstić information content (AvgIpc) is 2.48. The molecule has 0 saturated heterocycles. The van der Waals surface area contributed by atoms with Gasteiger partial charge in [0.15, 0.2) is 11.5 Å². The summed E-state index contributed by atoms with van der Waals surface area (Å²) < 4.78 is 9.81. The Kier molecular flexibility index (Phi) is 6.88. The summed E-state index contributed by atoms with van der Waals surface area (Å²) in [6, 6.07) is 7.18. The van der Waals surface area contributed by atoms with Crippen molar-refractivity contribution in [3.8, 4) is 11.5 Å². The first-order valence-corrected chi connectivity index (χ1v) is 4.93. The summed E-state index contributed by atoms with van der Waals surface area (Å²) in [5.41, 5.74) is 0. The van der Waals surface area contributed by atoms with Gasteiger partial charge in [-0.15, -0.1) is 0 Å². The van der Waals surface area contributed by atoms with Crippen molar-refractivity contribution >= 4 is 8.60 Å². The van der Waals surface area contributed by atoms with Crippen LogP contribution in [0.1, 0.15) is 13.8 Å². The largest absolute Gasteiger partial charge is 0.460 e. The van der Waals surface area contributed by atoms with Crippen LogP contribution in [0.25, 0.3) is 0 Å². The Labute approximate surface area is 104 Å². The van der Waals surface area contributed by atoms with Crippen molar-refractivity contribution in [2.24, 2.45) is 0 Å². The smallest absolute Gasteiger partial charge is 0.414 e. The van der Waals surface area contributed by atoms with E-state index in [4.69, 9.17) is 13.9 Å². The molecule has 1 aliphatic rings. The van der Waals surface area contributed by atoms with Gasteiger partial charge in [0.05, 0.1) is 0 Å². The fourth-order valence-corrected chi connectivity index (χ4v) is 1.46. The Balaban J connectivity index is 0.000000451. The van der Waals surface area contributed by atoms with Crippen molar-refractivity contribution in [2.75, 3.05) is 0 Å². The van der Waals surface area contributed by atoms with E-state index in [1.165, 1.54) is 0 Å².